The van der Waals surface area contributed by atoms with Crippen molar-refractivity contribution in [1.82, 2.24) is 0 Å². The zero-order valence-corrected chi connectivity index (χ0v) is 17.3. The predicted octanol–water partition coefficient (Wildman–Crippen LogP) is -0.741. The molecule has 0 aromatic carbocycles. The van der Waals surface area contributed by atoms with Crippen molar-refractivity contribution in [3.63, 3.8) is 0 Å². The van der Waals surface area contributed by atoms with E-state index in [-0.39, 0.29) is 54.6 Å². The van der Waals surface area contributed by atoms with Crippen molar-refractivity contribution in [3.05, 3.63) is 10.8 Å². The quantitative estimate of drug-likeness (QED) is 0.339. The summed E-state index contributed by atoms with van der Waals surface area (Å²) in [4.78, 5) is 0. The maximum atomic E-state index is 11.2. The number of hydrogen-bond donors (Lipinski definition) is 0. The molecule has 0 aliphatic carbocycles. The summed E-state index contributed by atoms with van der Waals surface area (Å²) in [7, 11) is -4.28. The maximum Gasteiger partial charge on any atom is 1.00 e. The van der Waals surface area contributed by atoms with Crippen LogP contribution in [0.1, 0.15) is 26.7 Å². The summed E-state index contributed by atoms with van der Waals surface area (Å²) < 4.78 is 50.3. The summed E-state index contributed by atoms with van der Waals surface area (Å²) in [6.07, 6.45) is 0.354. The molecule has 0 N–H and O–H groups in total. The van der Waals surface area contributed by atoms with Crippen molar-refractivity contribution in [2.75, 3.05) is 19.8 Å². The Balaban J connectivity index is 0.00000264. The summed E-state index contributed by atoms with van der Waals surface area (Å²) in [5.74, 6) is 1.61. The molecule has 1 aromatic rings. The Morgan fingerprint density at radius 2 is 2.09 bits per heavy atom. The molecule has 1 aliphatic heterocycles. The van der Waals surface area contributed by atoms with E-state index in [1.54, 1.807) is 0 Å². The van der Waals surface area contributed by atoms with Gasteiger partial charge in [0, 0.05) is 17.4 Å². The molecule has 9 heteroatoms. The number of hydrogen-bond acceptors (Lipinski definition) is 7. The van der Waals surface area contributed by atoms with Gasteiger partial charge in [-0.3, -0.25) is 0 Å². The molecule has 1 aliphatic rings. The van der Waals surface area contributed by atoms with Crippen LogP contribution in [0.15, 0.2) is 10.8 Å². The van der Waals surface area contributed by atoms with Gasteiger partial charge in [-0.15, -0.1) is 11.3 Å². The molecule has 0 saturated carbocycles. The first kappa shape index (κ1) is 21.2. The minimum absolute atomic E-state index is 0. The van der Waals surface area contributed by atoms with Gasteiger partial charge in [-0.25, -0.2) is 8.42 Å². The standard InChI is InChI=1S/C14H22O6S2.Na/c1-10(2)5-12(22(15,16)17)3-4-18-6-11-7-19-13-8-21-9-14(13)20-11;/h8-12H,3-7H2,1-2H3,(H,15,16,17);/q;+1/p-1. The van der Waals surface area contributed by atoms with Gasteiger partial charge in [-0.2, -0.15) is 0 Å². The third kappa shape index (κ3) is 6.89. The van der Waals surface area contributed by atoms with Crippen LogP contribution in [0.5, 0.6) is 11.5 Å². The van der Waals surface area contributed by atoms with E-state index in [9.17, 15) is 13.0 Å². The summed E-state index contributed by atoms with van der Waals surface area (Å²) in [5, 5.41) is 2.85. The van der Waals surface area contributed by atoms with E-state index in [0.29, 0.717) is 25.4 Å². The van der Waals surface area contributed by atoms with Crippen LogP contribution in [-0.2, 0) is 14.9 Å². The van der Waals surface area contributed by atoms with Crippen LogP contribution >= 0.6 is 11.3 Å². The minimum atomic E-state index is -4.28. The molecule has 0 spiro atoms. The van der Waals surface area contributed by atoms with E-state index < -0.39 is 15.4 Å². The van der Waals surface area contributed by atoms with E-state index in [0.717, 1.165) is 5.75 Å². The second kappa shape index (κ2) is 9.60. The van der Waals surface area contributed by atoms with Gasteiger partial charge in [0.15, 0.2) is 17.6 Å². The normalized spacial score (nSPS) is 18.5. The van der Waals surface area contributed by atoms with Crippen LogP contribution in [0.25, 0.3) is 0 Å². The Hall–Kier alpha value is 0.170. The molecule has 126 valence electrons. The largest absolute Gasteiger partial charge is 1.00 e. The van der Waals surface area contributed by atoms with Crippen LogP contribution in [0.2, 0.25) is 0 Å². The molecule has 6 nitrogen and oxygen atoms in total. The van der Waals surface area contributed by atoms with E-state index in [1.165, 1.54) is 11.3 Å². The summed E-state index contributed by atoms with van der Waals surface area (Å²) >= 11 is 1.51. The molecule has 23 heavy (non-hydrogen) atoms. The zero-order chi connectivity index (χ0) is 16.2. The number of fused-ring (bicyclic) bond motifs is 1. The van der Waals surface area contributed by atoms with E-state index >= 15 is 0 Å². The summed E-state index contributed by atoms with van der Waals surface area (Å²) in [6.45, 7) is 4.71. The SMILES string of the molecule is CC(C)CC(CCOCC1COc2cscc2O1)S(=O)(=O)[O-].[Na+]. The Morgan fingerprint density at radius 1 is 1.39 bits per heavy atom. The van der Waals surface area contributed by atoms with Gasteiger partial charge in [0.05, 0.1) is 22.0 Å². The van der Waals surface area contributed by atoms with Crippen molar-refractivity contribution < 1.29 is 56.7 Å². The molecular formula is C14H21NaO6S2. The van der Waals surface area contributed by atoms with Crippen LogP contribution in [0.3, 0.4) is 0 Å². The summed E-state index contributed by atoms with van der Waals surface area (Å²) in [5.41, 5.74) is 0. The molecule has 2 atom stereocenters. The average Bonchev–Trinajstić information content (AvgIpc) is 2.88. The molecule has 0 amide bonds. The molecule has 0 bridgehead atoms. The fourth-order valence-electron chi connectivity index (χ4n) is 2.28. The summed E-state index contributed by atoms with van der Waals surface area (Å²) in [6, 6.07) is 0. The van der Waals surface area contributed by atoms with Crippen molar-refractivity contribution in [2.45, 2.75) is 38.0 Å². The number of rotatable bonds is 8. The zero-order valence-electron chi connectivity index (χ0n) is 13.7. The first-order valence-corrected chi connectivity index (χ1v) is 9.65. The molecule has 2 unspecified atom stereocenters. The topological polar surface area (TPSA) is 84.9 Å². The smallest absolute Gasteiger partial charge is 0.748 e. The molecule has 0 radical (unpaired) electrons. The number of ether oxygens (including phenoxy) is 3. The van der Waals surface area contributed by atoms with Gasteiger partial charge in [-0.1, -0.05) is 13.8 Å². The van der Waals surface area contributed by atoms with Gasteiger partial charge in [0.25, 0.3) is 0 Å². The van der Waals surface area contributed by atoms with Crippen molar-refractivity contribution in [2.24, 2.45) is 5.92 Å². The Bertz CT molecular complexity index is 572. The van der Waals surface area contributed by atoms with Crippen LogP contribution in [0.4, 0.5) is 0 Å². The molecule has 0 saturated heterocycles. The van der Waals surface area contributed by atoms with E-state index in [1.807, 2.05) is 24.6 Å². The van der Waals surface area contributed by atoms with Gasteiger partial charge in [0.2, 0.25) is 0 Å². The Labute approximate surface area is 163 Å². The van der Waals surface area contributed by atoms with Crippen LogP contribution in [0, 0.1) is 5.92 Å². The van der Waals surface area contributed by atoms with Gasteiger partial charge >= 0.3 is 29.6 Å². The second-order valence-electron chi connectivity index (χ2n) is 5.76. The Morgan fingerprint density at radius 3 is 2.74 bits per heavy atom. The first-order chi connectivity index (χ1) is 10.4. The molecule has 0 fully saturated rings. The maximum absolute atomic E-state index is 11.2. The van der Waals surface area contributed by atoms with Gasteiger partial charge in [0.1, 0.15) is 6.61 Å². The second-order valence-corrected chi connectivity index (χ2v) is 8.15. The van der Waals surface area contributed by atoms with Crippen LogP contribution in [-0.4, -0.2) is 44.1 Å². The van der Waals surface area contributed by atoms with E-state index in [4.69, 9.17) is 14.2 Å². The van der Waals surface area contributed by atoms with Gasteiger partial charge in [-0.05, 0) is 18.8 Å². The molecule has 1 aromatic heterocycles. The third-order valence-corrected chi connectivity index (χ3v) is 5.29. The minimum Gasteiger partial charge on any atom is -0.748 e. The van der Waals surface area contributed by atoms with Gasteiger partial charge < -0.3 is 18.8 Å². The molecule has 2 heterocycles. The van der Waals surface area contributed by atoms with Crippen molar-refractivity contribution >= 4 is 21.5 Å². The molecular weight excluding hydrogens is 351 g/mol. The average molecular weight is 372 g/mol. The first-order valence-electron chi connectivity index (χ1n) is 7.24. The number of thiophene rings is 1. The van der Waals surface area contributed by atoms with Crippen molar-refractivity contribution in [3.8, 4) is 11.5 Å². The van der Waals surface area contributed by atoms with Crippen LogP contribution < -0.4 is 39.0 Å². The molecule has 2 rings (SSSR count). The fourth-order valence-corrected chi connectivity index (χ4v) is 3.96. The predicted molar refractivity (Wildman–Crippen MR) is 82.6 cm³/mol. The third-order valence-electron chi connectivity index (χ3n) is 3.34. The van der Waals surface area contributed by atoms with E-state index in [2.05, 4.69) is 0 Å². The fraction of sp³-hybridized carbons (Fsp3) is 0.714. The van der Waals surface area contributed by atoms with Crippen molar-refractivity contribution in [1.29, 1.82) is 0 Å². The monoisotopic (exact) mass is 372 g/mol. The Kier molecular flexibility index (Phi) is 8.85.